The molecule has 0 aliphatic carbocycles. The Morgan fingerprint density at radius 1 is 0.714 bits per heavy atom. The summed E-state index contributed by atoms with van der Waals surface area (Å²) in [5, 5.41) is 0. The Morgan fingerprint density at radius 3 is 1.71 bits per heavy atom. The molecule has 0 aliphatic rings. The van der Waals surface area contributed by atoms with E-state index in [4.69, 9.17) is 18.9 Å². The van der Waals surface area contributed by atoms with Crippen molar-refractivity contribution < 1.29 is 55.2 Å². The first kappa shape index (κ1) is 30.7. The van der Waals surface area contributed by atoms with Crippen molar-refractivity contribution in [2.45, 2.75) is 46.0 Å². The van der Waals surface area contributed by atoms with Crippen LogP contribution in [0.4, 0.5) is 22.0 Å². The number of hydrogen-bond donors (Lipinski definition) is 0. The number of halogens is 5. The van der Waals surface area contributed by atoms with Crippen LogP contribution in [0.5, 0.6) is 5.75 Å². The van der Waals surface area contributed by atoms with Gasteiger partial charge >= 0.3 is 11.9 Å². The van der Waals surface area contributed by atoms with Gasteiger partial charge in [-0.15, -0.1) is 0 Å². The molecule has 200 valence electrons. The average molecular weight is 514 g/mol. The normalized spacial score (nSPS) is 12.0. The Labute approximate surface area is 200 Å². The second kappa shape index (κ2) is 17.2. The van der Waals surface area contributed by atoms with Crippen molar-refractivity contribution in [3.05, 3.63) is 29.1 Å². The molecule has 0 aromatic heterocycles. The van der Waals surface area contributed by atoms with Crippen molar-refractivity contribution in [1.82, 2.24) is 0 Å². The van der Waals surface area contributed by atoms with Crippen molar-refractivity contribution in [1.29, 1.82) is 0 Å². The summed E-state index contributed by atoms with van der Waals surface area (Å²) in [6.45, 7) is 4.92. The molecule has 1 unspecified atom stereocenters. The SMILES string of the molecule is CCCCC(CC)C(=O)OCCOCCOCCOCCC(=O)Oc1c(F)c(F)c(F)c(F)c1F. The summed E-state index contributed by atoms with van der Waals surface area (Å²) >= 11 is 0. The van der Waals surface area contributed by atoms with Crippen molar-refractivity contribution >= 4 is 11.9 Å². The lowest BCUT2D eigenvalue weighted by Crippen LogP contribution is -2.20. The summed E-state index contributed by atoms with van der Waals surface area (Å²) in [7, 11) is 0. The molecule has 0 spiro atoms. The van der Waals surface area contributed by atoms with Crippen LogP contribution < -0.4 is 4.74 Å². The minimum atomic E-state index is -2.35. The van der Waals surface area contributed by atoms with Gasteiger partial charge in [0.1, 0.15) is 6.61 Å². The van der Waals surface area contributed by atoms with Crippen LogP contribution in [-0.2, 0) is 28.5 Å². The lowest BCUT2D eigenvalue weighted by atomic mass is 10.00. The van der Waals surface area contributed by atoms with E-state index >= 15 is 0 Å². The number of ether oxygens (including phenoxy) is 5. The molecule has 0 aliphatic heterocycles. The highest BCUT2D eigenvalue weighted by molar-refractivity contribution is 5.72. The molecule has 0 heterocycles. The van der Waals surface area contributed by atoms with Crippen molar-refractivity contribution in [2.24, 2.45) is 5.92 Å². The fourth-order valence-corrected chi connectivity index (χ4v) is 2.79. The second-order valence-electron chi connectivity index (χ2n) is 7.38. The Kier molecular flexibility index (Phi) is 15.1. The predicted octanol–water partition coefficient (Wildman–Crippen LogP) is 4.49. The number of unbranched alkanes of at least 4 members (excludes halogenated alkanes) is 1. The smallest absolute Gasteiger partial charge is 0.313 e. The highest BCUT2D eigenvalue weighted by Crippen LogP contribution is 2.29. The van der Waals surface area contributed by atoms with Gasteiger partial charge in [0.25, 0.3) is 0 Å². The fourth-order valence-electron chi connectivity index (χ4n) is 2.79. The molecular weight excluding hydrogens is 483 g/mol. The van der Waals surface area contributed by atoms with Gasteiger partial charge < -0.3 is 23.7 Å². The second-order valence-corrected chi connectivity index (χ2v) is 7.38. The van der Waals surface area contributed by atoms with Crippen molar-refractivity contribution in [3.8, 4) is 5.75 Å². The largest absolute Gasteiger partial charge is 0.463 e. The van der Waals surface area contributed by atoms with Crippen molar-refractivity contribution in [3.63, 3.8) is 0 Å². The van der Waals surface area contributed by atoms with Gasteiger partial charge in [0.15, 0.2) is 0 Å². The molecule has 0 bridgehead atoms. The van der Waals surface area contributed by atoms with E-state index in [9.17, 15) is 31.5 Å². The first-order chi connectivity index (χ1) is 16.7. The molecule has 1 atom stereocenters. The maximum Gasteiger partial charge on any atom is 0.313 e. The van der Waals surface area contributed by atoms with Gasteiger partial charge in [-0.05, 0) is 12.8 Å². The molecular formula is C23H31F5O7. The standard InChI is InChI=1S/C23H31F5O7/c1-3-5-6-15(4-2)23(30)34-14-13-33-12-11-32-10-9-31-8-7-16(29)35-22-20(27)18(25)17(24)19(26)21(22)28/h15H,3-14H2,1-2H3. The highest BCUT2D eigenvalue weighted by Gasteiger charge is 2.28. The van der Waals surface area contributed by atoms with E-state index < -0.39 is 47.2 Å². The number of carbonyl (C=O) groups excluding carboxylic acids is 2. The molecule has 1 rings (SSSR count). The van der Waals surface area contributed by atoms with Gasteiger partial charge in [-0.25, -0.2) is 13.2 Å². The molecule has 1 aromatic rings. The van der Waals surface area contributed by atoms with Crippen LogP contribution in [0, 0.1) is 35.0 Å². The van der Waals surface area contributed by atoms with Gasteiger partial charge in [-0.3, -0.25) is 9.59 Å². The molecule has 0 fully saturated rings. The molecule has 7 nitrogen and oxygen atoms in total. The molecule has 0 amide bonds. The summed E-state index contributed by atoms with van der Waals surface area (Å²) in [6, 6.07) is 0. The first-order valence-corrected chi connectivity index (χ1v) is 11.4. The fraction of sp³-hybridized carbons (Fsp3) is 0.652. The number of hydrogen-bond acceptors (Lipinski definition) is 7. The monoisotopic (exact) mass is 514 g/mol. The quantitative estimate of drug-likeness (QED) is 0.0713. The zero-order valence-electron chi connectivity index (χ0n) is 19.8. The third kappa shape index (κ3) is 10.9. The average Bonchev–Trinajstić information content (AvgIpc) is 2.85. The Hall–Kier alpha value is -2.31. The number of esters is 2. The van der Waals surface area contributed by atoms with Gasteiger partial charge in [0.05, 0.1) is 52.0 Å². The van der Waals surface area contributed by atoms with E-state index in [0.717, 1.165) is 25.7 Å². The van der Waals surface area contributed by atoms with Gasteiger partial charge in [0.2, 0.25) is 34.8 Å². The van der Waals surface area contributed by atoms with Gasteiger partial charge in [-0.2, -0.15) is 8.78 Å². The van der Waals surface area contributed by atoms with Crippen LogP contribution in [0.1, 0.15) is 46.0 Å². The minimum Gasteiger partial charge on any atom is -0.463 e. The lowest BCUT2D eigenvalue weighted by molar-refractivity contribution is -0.150. The van der Waals surface area contributed by atoms with Crippen LogP contribution in [0.2, 0.25) is 0 Å². The van der Waals surface area contributed by atoms with Crippen molar-refractivity contribution in [2.75, 3.05) is 46.2 Å². The highest BCUT2D eigenvalue weighted by atomic mass is 19.2. The van der Waals surface area contributed by atoms with E-state index in [0.29, 0.717) is 0 Å². The van der Waals surface area contributed by atoms with E-state index in [1.165, 1.54) is 0 Å². The van der Waals surface area contributed by atoms with E-state index in [2.05, 4.69) is 11.7 Å². The molecule has 35 heavy (non-hydrogen) atoms. The van der Waals surface area contributed by atoms with E-state index in [1.807, 2.05) is 6.92 Å². The zero-order valence-corrected chi connectivity index (χ0v) is 19.8. The number of benzene rings is 1. The lowest BCUT2D eigenvalue weighted by Gasteiger charge is -2.13. The minimum absolute atomic E-state index is 0.0730. The topological polar surface area (TPSA) is 80.3 Å². The molecule has 0 saturated carbocycles. The van der Waals surface area contributed by atoms with Gasteiger partial charge in [-0.1, -0.05) is 26.7 Å². The summed E-state index contributed by atoms with van der Waals surface area (Å²) < 4.78 is 91.1. The third-order valence-corrected chi connectivity index (χ3v) is 4.78. The number of rotatable bonds is 18. The van der Waals surface area contributed by atoms with Crippen LogP contribution in [0.25, 0.3) is 0 Å². The molecule has 0 N–H and O–H groups in total. The Balaban J connectivity index is 2.07. The molecule has 1 aromatic carbocycles. The first-order valence-electron chi connectivity index (χ1n) is 11.4. The van der Waals surface area contributed by atoms with E-state index in [1.54, 1.807) is 0 Å². The third-order valence-electron chi connectivity index (χ3n) is 4.78. The van der Waals surface area contributed by atoms with E-state index in [-0.39, 0.29) is 58.1 Å². The maximum absolute atomic E-state index is 13.5. The summed E-state index contributed by atoms with van der Waals surface area (Å²) in [6.07, 6.45) is 3.07. The summed E-state index contributed by atoms with van der Waals surface area (Å²) in [5.74, 6) is -14.4. The van der Waals surface area contributed by atoms with Crippen LogP contribution >= 0.6 is 0 Å². The maximum atomic E-state index is 13.5. The molecule has 12 heteroatoms. The summed E-state index contributed by atoms with van der Waals surface area (Å²) in [5.41, 5.74) is 0. The summed E-state index contributed by atoms with van der Waals surface area (Å²) in [4.78, 5) is 23.5. The van der Waals surface area contributed by atoms with Crippen LogP contribution in [0.3, 0.4) is 0 Å². The van der Waals surface area contributed by atoms with Crippen LogP contribution in [-0.4, -0.2) is 58.2 Å². The Bertz CT molecular complexity index is 778. The predicted molar refractivity (Wildman–Crippen MR) is 113 cm³/mol. The zero-order chi connectivity index (χ0) is 26.2. The van der Waals surface area contributed by atoms with Crippen LogP contribution in [0.15, 0.2) is 0 Å². The number of carbonyl (C=O) groups is 2. The van der Waals surface area contributed by atoms with Gasteiger partial charge in [0, 0.05) is 0 Å². The molecule has 0 saturated heterocycles. The Morgan fingerprint density at radius 2 is 1.20 bits per heavy atom. The molecule has 0 radical (unpaired) electrons.